The molecule has 0 radical (unpaired) electrons. The molecule has 1 fully saturated rings. The molecule has 0 atom stereocenters. The van der Waals surface area contributed by atoms with Crippen molar-refractivity contribution in [1.82, 2.24) is 14.8 Å². The molecule has 1 aliphatic carbocycles. The molecule has 0 saturated heterocycles. The summed E-state index contributed by atoms with van der Waals surface area (Å²) >= 11 is 5.73. The van der Waals surface area contributed by atoms with Gasteiger partial charge in [-0.1, -0.05) is 0 Å². The zero-order valence-corrected chi connectivity index (χ0v) is 8.83. The third-order valence-electron chi connectivity index (χ3n) is 2.89. The Morgan fingerprint density at radius 1 is 1.27 bits per heavy atom. The van der Waals surface area contributed by atoms with Crippen LogP contribution < -0.4 is 4.84 Å². The lowest BCUT2D eigenvalue weighted by molar-refractivity contribution is 0.647. The van der Waals surface area contributed by atoms with Gasteiger partial charge in [0, 0.05) is 11.6 Å². The van der Waals surface area contributed by atoms with Crippen molar-refractivity contribution < 1.29 is 0 Å². The fraction of sp³-hybridized carbons (Fsp3) is 0.273. The molecular weight excluding hydrogens is 210 g/mol. The monoisotopic (exact) mass is 219 g/mol. The Morgan fingerprint density at radius 3 is 2.87 bits per heavy atom. The maximum absolute atomic E-state index is 5.73. The molecule has 1 saturated carbocycles. The van der Waals surface area contributed by atoms with Crippen LogP contribution in [0.3, 0.4) is 0 Å². The second-order valence-electron chi connectivity index (χ2n) is 3.92. The highest BCUT2D eigenvalue weighted by molar-refractivity contribution is 6.14. The van der Waals surface area contributed by atoms with Crippen LogP contribution in [-0.2, 0) is 5.54 Å². The minimum Gasteiger partial charge on any atom is -0.237 e. The van der Waals surface area contributed by atoms with E-state index in [-0.39, 0.29) is 5.54 Å². The Kier molecular flexibility index (Phi) is 1.90. The first-order chi connectivity index (χ1) is 7.34. The van der Waals surface area contributed by atoms with E-state index in [4.69, 9.17) is 11.8 Å². The molecule has 0 bridgehead atoms. The first-order valence-electron chi connectivity index (χ1n) is 4.94. The lowest BCUT2D eigenvalue weighted by Crippen LogP contribution is -2.21. The lowest BCUT2D eigenvalue weighted by atomic mass is 10.1. The molecule has 3 rings (SSSR count). The molecule has 0 amide bonds. The van der Waals surface area contributed by atoms with Gasteiger partial charge in [-0.2, -0.15) is 0 Å². The maximum atomic E-state index is 5.73. The van der Waals surface area contributed by atoms with E-state index in [2.05, 4.69) is 14.8 Å². The maximum Gasteiger partial charge on any atom is 0.159 e. The van der Waals surface area contributed by atoms with Gasteiger partial charge in [-0.15, -0.1) is 0 Å². The lowest BCUT2D eigenvalue weighted by Gasteiger charge is -2.11. The van der Waals surface area contributed by atoms with E-state index in [0.29, 0.717) is 0 Å². The second kappa shape index (κ2) is 3.15. The van der Waals surface area contributed by atoms with Crippen molar-refractivity contribution in [1.29, 1.82) is 0 Å². The normalized spacial score (nSPS) is 17.9. The number of halogens is 1. The quantitative estimate of drug-likeness (QED) is 0.788. The van der Waals surface area contributed by atoms with Crippen LogP contribution >= 0.6 is 11.8 Å². The van der Waals surface area contributed by atoms with Crippen molar-refractivity contribution in [3.63, 3.8) is 0 Å². The minimum atomic E-state index is -0.104. The molecule has 15 heavy (non-hydrogen) atoms. The molecule has 0 spiro atoms. The highest BCUT2D eigenvalue weighted by Gasteiger charge is 2.45. The summed E-state index contributed by atoms with van der Waals surface area (Å²) in [6, 6.07) is 7.98. The molecular formula is C11H10ClN3. The Labute approximate surface area is 92.6 Å². The van der Waals surface area contributed by atoms with Crippen molar-refractivity contribution >= 4 is 22.8 Å². The van der Waals surface area contributed by atoms with E-state index in [0.717, 1.165) is 29.6 Å². The van der Waals surface area contributed by atoms with Crippen LogP contribution in [0.15, 0.2) is 30.5 Å². The van der Waals surface area contributed by atoms with Crippen molar-refractivity contribution in [3.05, 3.63) is 36.2 Å². The van der Waals surface area contributed by atoms with E-state index < -0.39 is 0 Å². The fourth-order valence-electron chi connectivity index (χ4n) is 1.74. The van der Waals surface area contributed by atoms with Gasteiger partial charge in [-0.3, -0.25) is 0 Å². The van der Waals surface area contributed by atoms with Crippen molar-refractivity contribution in [3.8, 4) is 0 Å². The molecule has 4 heteroatoms. The van der Waals surface area contributed by atoms with Gasteiger partial charge < -0.3 is 0 Å². The molecule has 2 aromatic heterocycles. The van der Waals surface area contributed by atoms with Gasteiger partial charge in [0.2, 0.25) is 0 Å². The highest BCUT2D eigenvalue weighted by Crippen LogP contribution is 2.45. The van der Waals surface area contributed by atoms with Crippen LogP contribution in [0, 0.1) is 0 Å². The van der Waals surface area contributed by atoms with E-state index in [1.807, 2.05) is 24.3 Å². The van der Waals surface area contributed by atoms with E-state index in [1.54, 1.807) is 6.20 Å². The summed E-state index contributed by atoms with van der Waals surface area (Å²) < 4.78 is 0. The van der Waals surface area contributed by atoms with Gasteiger partial charge in [0.05, 0.1) is 11.2 Å². The number of aromatic nitrogens is 2. The summed E-state index contributed by atoms with van der Waals surface area (Å²) in [5.41, 5.74) is 1.67. The molecule has 0 aromatic carbocycles. The molecule has 3 nitrogen and oxygen atoms in total. The van der Waals surface area contributed by atoms with E-state index >= 15 is 0 Å². The topological polar surface area (TPSA) is 37.8 Å². The number of fused-ring (bicyclic) bond motifs is 1. The summed E-state index contributed by atoms with van der Waals surface area (Å²) in [5.74, 6) is 0. The van der Waals surface area contributed by atoms with Crippen molar-refractivity contribution in [2.24, 2.45) is 0 Å². The first-order valence-corrected chi connectivity index (χ1v) is 5.32. The molecule has 1 aliphatic rings. The summed E-state index contributed by atoms with van der Waals surface area (Å²) in [6.45, 7) is 0. The molecule has 2 heterocycles. The van der Waals surface area contributed by atoms with E-state index in [9.17, 15) is 0 Å². The highest BCUT2D eigenvalue weighted by atomic mass is 35.5. The number of nitrogens with one attached hydrogen (secondary N) is 1. The van der Waals surface area contributed by atoms with Crippen LogP contribution in [0.5, 0.6) is 0 Å². The van der Waals surface area contributed by atoms with Crippen LogP contribution in [0.1, 0.15) is 18.5 Å². The Bertz CT molecular complexity index is 508. The van der Waals surface area contributed by atoms with Gasteiger partial charge >= 0.3 is 0 Å². The number of pyridine rings is 2. The van der Waals surface area contributed by atoms with Crippen LogP contribution in [0.2, 0.25) is 0 Å². The molecule has 1 N–H and O–H groups in total. The third kappa shape index (κ3) is 1.39. The standard InChI is InChI=1S/C11H10ClN3/c12-15-11(5-6-11)9-4-3-8-2-1-7-13-10(8)14-9/h1-4,7,15H,5-6H2. The zero-order chi connectivity index (χ0) is 10.3. The average molecular weight is 220 g/mol. The predicted octanol–water partition coefficient (Wildman–Crippen LogP) is 2.36. The Hall–Kier alpha value is -1.19. The molecule has 76 valence electrons. The van der Waals surface area contributed by atoms with Gasteiger partial charge in [0.25, 0.3) is 0 Å². The fourth-order valence-corrected chi connectivity index (χ4v) is 2.03. The van der Waals surface area contributed by atoms with Crippen LogP contribution in [-0.4, -0.2) is 9.97 Å². The average Bonchev–Trinajstić information content (AvgIpc) is 3.09. The number of rotatable bonds is 2. The third-order valence-corrected chi connectivity index (χ3v) is 3.25. The second-order valence-corrected chi connectivity index (χ2v) is 4.11. The van der Waals surface area contributed by atoms with Gasteiger partial charge in [-0.25, -0.2) is 14.8 Å². The minimum absolute atomic E-state index is 0.104. The smallest absolute Gasteiger partial charge is 0.159 e. The van der Waals surface area contributed by atoms with E-state index in [1.165, 1.54) is 0 Å². The van der Waals surface area contributed by atoms with Gasteiger partial charge in [0.1, 0.15) is 0 Å². The van der Waals surface area contributed by atoms with Gasteiger partial charge in [-0.05, 0) is 48.9 Å². The molecule has 0 unspecified atom stereocenters. The summed E-state index contributed by atoms with van der Waals surface area (Å²) in [7, 11) is 0. The number of nitrogens with zero attached hydrogens (tertiary/aromatic N) is 2. The molecule has 2 aromatic rings. The largest absolute Gasteiger partial charge is 0.237 e. The Balaban J connectivity index is 2.14. The summed E-state index contributed by atoms with van der Waals surface area (Å²) in [6.07, 6.45) is 3.84. The number of hydrogen-bond donors (Lipinski definition) is 1. The molecule has 0 aliphatic heterocycles. The Morgan fingerprint density at radius 2 is 2.13 bits per heavy atom. The van der Waals surface area contributed by atoms with Crippen LogP contribution in [0.25, 0.3) is 11.0 Å². The summed E-state index contributed by atoms with van der Waals surface area (Å²) in [4.78, 5) is 11.6. The van der Waals surface area contributed by atoms with Crippen molar-refractivity contribution in [2.75, 3.05) is 0 Å². The SMILES string of the molecule is ClNC1(c2ccc3cccnc3n2)CC1. The zero-order valence-electron chi connectivity index (χ0n) is 8.07. The first kappa shape index (κ1) is 9.07. The van der Waals surface area contributed by atoms with Gasteiger partial charge in [0.15, 0.2) is 5.65 Å². The predicted molar refractivity (Wildman–Crippen MR) is 59.4 cm³/mol. The summed E-state index contributed by atoms with van der Waals surface area (Å²) in [5, 5.41) is 1.06. The van der Waals surface area contributed by atoms with Crippen LogP contribution in [0.4, 0.5) is 0 Å². The number of hydrogen-bond acceptors (Lipinski definition) is 3. The van der Waals surface area contributed by atoms with Crippen molar-refractivity contribution in [2.45, 2.75) is 18.4 Å².